The van der Waals surface area contributed by atoms with Gasteiger partial charge in [0.05, 0.1) is 13.0 Å². The summed E-state index contributed by atoms with van der Waals surface area (Å²) >= 11 is 0. The van der Waals surface area contributed by atoms with Crippen LogP contribution in [-0.2, 0) is 22.6 Å². The van der Waals surface area contributed by atoms with Crippen LogP contribution in [0.15, 0.2) is 48.5 Å². The van der Waals surface area contributed by atoms with E-state index in [9.17, 15) is 4.79 Å². The van der Waals surface area contributed by atoms with Crippen LogP contribution in [0, 0.1) is 5.92 Å². The van der Waals surface area contributed by atoms with Crippen molar-refractivity contribution in [1.82, 2.24) is 0 Å². The molecule has 2 aromatic rings. The summed E-state index contributed by atoms with van der Waals surface area (Å²) in [7, 11) is 1.45. The van der Waals surface area contributed by atoms with Gasteiger partial charge >= 0.3 is 5.97 Å². The van der Waals surface area contributed by atoms with Gasteiger partial charge in [-0.1, -0.05) is 43.3 Å². The normalized spacial score (nSPS) is 17.4. The smallest absolute Gasteiger partial charge is 0.308 e. The molecular weight excluding hydrogens is 288 g/mol. The molecule has 1 aliphatic rings. The van der Waals surface area contributed by atoms with E-state index >= 15 is 0 Å². The van der Waals surface area contributed by atoms with Gasteiger partial charge in [0, 0.05) is 0 Å². The predicted octanol–water partition coefficient (Wildman–Crippen LogP) is 4.10. The first-order valence-electron chi connectivity index (χ1n) is 8.06. The van der Waals surface area contributed by atoms with Crippen molar-refractivity contribution in [3.63, 3.8) is 0 Å². The second-order valence-corrected chi connectivity index (χ2v) is 6.09. The summed E-state index contributed by atoms with van der Waals surface area (Å²) in [4.78, 5) is 11.9. The quantitative estimate of drug-likeness (QED) is 0.780. The average Bonchev–Trinajstić information content (AvgIpc) is 3.02. The number of aryl methyl sites for hydroxylation is 1. The summed E-state index contributed by atoms with van der Waals surface area (Å²) in [6.45, 7) is 2.50. The lowest BCUT2D eigenvalue weighted by molar-refractivity contribution is -0.145. The van der Waals surface area contributed by atoms with Gasteiger partial charge in [0.25, 0.3) is 0 Å². The molecule has 0 fully saturated rings. The number of hydrogen-bond acceptors (Lipinski definition) is 3. The number of ether oxygens (including phenoxy) is 2. The Kier molecular flexibility index (Phi) is 4.65. The standard InChI is InChI=1S/C20H22O3/c1-14(20(21)22-2)18-11-9-16-8-10-17(12-19(16)18)23-13-15-6-4-3-5-7-15/h3-8,10,12,14,18H,9,11,13H2,1-2H3/t14?,18-/m0/s1. The fourth-order valence-corrected chi connectivity index (χ4v) is 3.31. The number of fused-ring (bicyclic) bond motifs is 1. The molecule has 0 aromatic heterocycles. The van der Waals surface area contributed by atoms with Gasteiger partial charge in [-0.3, -0.25) is 4.79 Å². The van der Waals surface area contributed by atoms with E-state index in [2.05, 4.69) is 24.3 Å². The lowest BCUT2D eigenvalue weighted by atomic mass is 9.88. The molecular formula is C20H22O3. The number of methoxy groups -OCH3 is 1. The van der Waals surface area contributed by atoms with Gasteiger partial charge in [-0.05, 0) is 47.6 Å². The van der Waals surface area contributed by atoms with E-state index in [1.54, 1.807) is 0 Å². The van der Waals surface area contributed by atoms with Gasteiger partial charge in [0.15, 0.2) is 0 Å². The van der Waals surface area contributed by atoms with Crippen LogP contribution in [0.2, 0.25) is 0 Å². The molecule has 0 spiro atoms. The molecule has 1 aliphatic carbocycles. The topological polar surface area (TPSA) is 35.5 Å². The first-order chi connectivity index (χ1) is 11.2. The zero-order valence-electron chi connectivity index (χ0n) is 13.6. The number of carbonyl (C=O) groups is 1. The molecule has 120 valence electrons. The first kappa shape index (κ1) is 15.6. The van der Waals surface area contributed by atoms with E-state index in [4.69, 9.17) is 9.47 Å². The summed E-state index contributed by atoms with van der Waals surface area (Å²) < 4.78 is 10.8. The van der Waals surface area contributed by atoms with Crippen molar-refractivity contribution >= 4 is 5.97 Å². The van der Waals surface area contributed by atoms with Crippen molar-refractivity contribution < 1.29 is 14.3 Å². The maximum absolute atomic E-state index is 11.9. The van der Waals surface area contributed by atoms with Crippen molar-refractivity contribution in [1.29, 1.82) is 0 Å². The third-order valence-corrected chi connectivity index (χ3v) is 4.67. The Morgan fingerprint density at radius 2 is 2.00 bits per heavy atom. The van der Waals surface area contributed by atoms with Crippen LogP contribution >= 0.6 is 0 Å². The number of rotatable bonds is 5. The summed E-state index contributed by atoms with van der Waals surface area (Å²) in [5.74, 6) is 0.818. The van der Waals surface area contributed by atoms with Gasteiger partial charge in [0.2, 0.25) is 0 Å². The van der Waals surface area contributed by atoms with E-state index in [0.717, 1.165) is 24.2 Å². The van der Waals surface area contributed by atoms with Gasteiger partial charge in [-0.2, -0.15) is 0 Å². The highest BCUT2D eigenvalue weighted by atomic mass is 16.5. The predicted molar refractivity (Wildman–Crippen MR) is 89.5 cm³/mol. The fraction of sp³-hybridized carbons (Fsp3) is 0.350. The van der Waals surface area contributed by atoms with E-state index in [1.165, 1.54) is 18.2 Å². The Labute approximate surface area is 137 Å². The Morgan fingerprint density at radius 3 is 2.74 bits per heavy atom. The highest BCUT2D eigenvalue weighted by molar-refractivity contribution is 5.73. The molecule has 0 amide bonds. The Morgan fingerprint density at radius 1 is 1.22 bits per heavy atom. The summed E-state index contributed by atoms with van der Waals surface area (Å²) in [5.41, 5.74) is 3.69. The highest BCUT2D eigenvalue weighted by Crippen LogP contribution is 2.40. The van der Waals surface area contributed by atoms with E-state index in [1.807, 2.05) is 31.2 Å². The molecule has 0 radical (unpaired) electrons. The molecule has 0 saturated carbocycles. The molecule has 1 unspecified atom stereocenters. The molecule has 3 rings (SSSR count). The van der Waals surface area contributed by atoms with Crippen molar-refractivity contribution in [2.75, 3.05) is 7.11 Å². The second kappa shape index (κ2) is 6.86. The summed E-state index contributed by atoms with van der Waals surface area (Å²) in [5, 5.41) is 0. The molecule has 3 heteroatoms. The number of esters is 1. The third-order valence-electron chi connectivity index (χ3n) is 4.67. The molecule has 0 aliphatic heterocycles. The maximum Gasteiger partial charge on any atom is 0.308 e. The fourth-order valence-electron chi connectivity index (χ4n) is 3.31. The van der Waals surface area contributed by atoms with Crippen LogP contribution < -0.4 is 4.74 Å². The van der Waals surface area contributed by atoms with Crippen LogP contribution in [0.5, 0.6) is 5.75 Å². The lowest BCUT2D eigenvalue weighted by Gasteiger charge is -2.18. The minimum Gasteiger partial charge on any atom is -0.489 e. The van der Waals surface area contributed by atoms with Crippen LogP contribution in [-0.4, -0.2) is 13.1 Å². The molecule has 23 heavy (non-hydrogen) atoms. The SMILES string of the molecule is COC(=O)C(C)[C@@H]1CCc2ccc(OCc3ccccc3)cc21. The molecule has 0 N–H and O–H groups in total. The van der Waals surface area contributed by atoms with Crippen LogP contribution in [0.3, 0.4) is 0 Å². The molecule has 0 saturated heterocycles. The number of carbonyl (C=O) groups excluding carboxylic acids is 1. The lowest BCUT2D eigenvalue weighted by Crippen LogP contribution is -2.19. The number of benzene rings is 2. The monoisotopic (exact) mass is 310 g/mol. The Bertz CT molecular complexity index is 679. The van der Waals surface area contributed by atoms with Crippen LogP contribution in [0.1, 0.15) is 36.0 Å². The van der Waals surface area contributed by atoms with Crippen molar-refractivity contribution in [2.45, 2.75) is 32.3 Å². The van der Waals surface area contributed by atoms with E-state index in [-0.39, 0.29) is 17.8 Å². The van der Waals surface area contributed by atoms with Gasteiger partial charge < -0.3 is 9.47 Å². The summed E-state index contributed by atoms with van der Waals surface area (Å²) in [6, 6.07) is 16.4. The molecule has 0 heterocycles. The zero-order valence-corrected chi connectivity index (χ0v) is 13.6. The van der Waals surface area contributed by atoms with Gasteiger partial charge in [0.1, 0.15) is 12.4 Å². The average molecular weight is 310 g/mol. The van der Waals surface area contributed by atoms with Crippen LogP contribution in [0.25, 0.3) is 0 Å². The molecule has 0 bridgehead atoms. The van der Waals surface area contributed by atoms with Crippen molar-refractivity contribution in [3.05, 3.63) is 65.2 Å². The van der Waals surface area contributed by atoms with Gasteiger partial charge in [-0.25, -0.2) is 0 Å². The Hall–Kier alpha value is -2.29. The van der Waals surface area contributed by atoms with Gasteiger partial charge in [-0.15, -0.1) is 0 Å². The number of hydrogen-bond donors (Lipinski definition) is 0. The van der Waals surface area contributed by atoms with E-state index in [0.29, 0.717) is 6.61 Å². The minimum atomic E-state index is -0.140. The summed E-state index contributed by atoms with van der Waals surface area (Å²) in [6.07, 6.45) is 2.01. The largest absolute Gasteiger partial charge is 0.489 e. The van der Waals surface area contributed by atoms with Crippen molar-refractivity contribution in [3.8, 4) is 5.75 Å². The molecule has 2 atom stereocenters. The molecule has 2 aromatic carbocycles. The third kappa shape index (κ3) is 3.39. The highest BCUT2D eigenvalue weighted by Gasteiger charge is 2.32. The molecule has 3 nitrogen and oxygen atoms in total. The second-order valence-electron chi connectivity index (χ2n) is 6.09. The van der Waals surface area contributed by atoms with Crippen molar-refractivity contribution in [2.24, 2.45) is 5.92 Å². The zero-order chi connectivity index (χ0) is 16.2. The van der Waals surface area contributed by atoms with Crippen LogP contribution in [0.4, 0.5) is 0 Å². The Balaban J connectivity index is 1.74. The first-order valence-corrected chi connectivity index (χ1v) is 8.06. The minimum absolute atomic E-state index is 0.120. The maximum atomic E-state index is 11.9. The van der Waals surface area contributed by atoms with E-state index < -0.39 is 0 Å².